The van der Waals surface area contributed by atoms with Gasteiger partial charge in [0.05, 0.1) is 0 Å². The molecule has 0 aliphatic heterocycles. The smallest absolute Gasteiger partial charge is 0.0125 e. The fraction of sp³-hybridized carbons (Fsp3) is 0.500. The van der Waals surface area contributed by atoms with Crippen LogP contribution in [0.15, 0.2) is 30.3 Å². The topological polar surface area (TPSA) is 0 Å². The first-order valence-electron chi connectivity index (χ1n) is 5.54. The van der Waals surface area contributed by atoms with Crippen molar-refractivity contribution in [1.82, 2.24) is 0 Å². The van der Waals surface area contributed by atoms with Crippen LogP contribution in [0.2, 0.25) is 0 Å². The average Bonchev–Trinajstić information content (AvgIpc) is 2.19. The van der Waals surface area contributed by atoms with Crippen LogP contribution >= 0.6 is 0 Å². The van der Waals surface area contributed by atoms with E-state index in [1.165, 1.54) is 18.4 Å². The second-order valence-corrected chi connectivity index (χ2v) is 4.15. The Kier molecular flexibility index (Phi) is 4.72. The van der Waals surface area contributed by atoms with Crippen molar-refractivity contribution in [2.24, 2.45) is 5.92 Å². The van der Waals surface area contributed by atoms with Gasteiger partial charge in [-0.25, -0.2) is 0 Å². The molecule has 0 saturated carbocycles. The van der Waals surface area contributed by atoms with Gasteiger partial charge in [0, 0.05) is 0 Å². The van der Waals surface area contributed by atoms with Crippen LogP contribution in [0.3, 0.4) is 0 Å². The van der Waals surface area contributed by atoms with E-state index in [0.717, 1.165) is 12.3 Å². The van der Waals surface area contributed by atoms with Gasteiger partial charge in [0.15, 0.2) is 0 Å². The van der Waals surface area contributed by atoms with Gasteiger partial charge in [-0.05, 0) is 30.7 Å². The molecule has 1 aromatic rings. The third-order valence-electron chi connectivity index (χ3n) is 2.67. The Bertz CT molecular complexity index is 237. The highest BCUT2D eigenvalue weighted by Crippen LogP contribution is 2.24. The first-order valence-corrected chi connectivity index (χ1v) is 5.54. The normalized spacial score (nSPS) is 15.1. The highest BCUT2D eigenvalue weighted by Gasteiger charge is 2.09. The van der Waals surface area contributed by atoms with Crippen molar-refractivity contribution >= 4 is 0 Å². The highest BCUT2D eigenvalue weighted by atomic mass is 14.1. The van der Waals surface area contributed by atoms with E-state index in [9.17, 15) is 0 Å². The molecule has 76 valence electrons. The highest BCUT2D eigenvalue weighted by molar-refractivity contribution is 5.20. The molecule has 0 spiro atoms. The molecule has 0 aliphatic carbocycles. The van der Waals surface area contributed by atoms with Gasteiger partial charge in [-0.2, -0.15) is 0 Å². The SMILES string of the molecule is [CH]C(CC(C)CCC)c1ccccc1. The molecule has 2 radical (unpaired) electrons. The van der Waals surface area contributed by atoms with E-state index in [4.69, 9.17) is 6.92 Å². The van der Waals surface area contributed by atoms with Crippen molar-refractivity contribution in [3.05, 3.63) is 42.8 Å². The van der Waals surface area contributed by atoms with E-state index in [1.54, 1.807) is 0 Å². The molecule has 0 amide bonds. The Hall–Kier alpha value is -0.780. The maximum Gasteiger partial charge on any atom is -0.0125 e. The minimum atomic E-state index is 0.206. The van der Waals surface area contributed by atoms with Gasteiger partial charge in [0.1, 0.15) is 0 Å². The fourth-order valence-electron chi connectivity index (χ4n) is 1.88. The molecule has 2 atom stereocenters. The second kappa shape index (κ2) is 5.85. The first-order chi connectivity index (χ1) is 6.74. The maximum absolute atomic E-state index is 6.13. The largest absolute Gasteiger partial charge is 0.0654 e. The minimum Gasteiger partial charge on any atom is -0.0654 e. The van der Waals surface area contributed by atoms with E-state index < -0.39 is 0 Å². The zero-order valence-electron chi connectivity index (χ0n) is 9.24. The van der Waals surface area contributed by atoms with Crippen molar-refractivity contribution in [1.29, 1.82) is 0 Å². The summed E-state index contributed by atoms with van der Waals surface area (Å²) < 4.78 is 0. The second-order valence-electron chi connectivity index (χ2n) is 4.15. The Morgan fingerprint density at radius 3 is 2.43 bits per heavy atom. The number of hydrogen-bond donors (Lipinski definition) is 0. The molecule has 0 heteroatoms. The summed E-state index contributed by atoms with van der Waals surface area (Å²) in [6, 6.07) is 10.4. The summed E-state index contributed by atoms with van der Waals surface area (Å²) in [5.74, 6) is 0.938. The summed E-state index contributed by atoms with van der Waals surface area (Å²) in [6.07, 6.45) is 3.63. The molecule has 0 N–H and O–H groups in total. The van der Waals surface area contributed by atoms with E-state index >= 15 is 0 Å². The van der Waals surface area contributed by atoms with Gasteiger partial charge in [0.2, 0.25) is 0 Å². The zero-order chi connectivity index (χ0) is 10.4. The molecule has 1 rings (SSSR count). The molecule has 0 nitrogen and oxygen atoms in total. The van der Waals surface area contributed by atoms with Gasteiger partial charge in [-0.3, -0.25) is 0 Å². The molecule has 0 heterocycles. The zero-order valence-corrected chi connectivity index (χ0v) is 9.24. The van der Waals surface area contributed by atoms with Crippen LogP contribution in [0.5, 0.6) is 0 Å². The first kappa shape index (κ1) is 11.3. The van der Waals surface area contributed by atoms with Crippen molar-refractivity contribution in [3.63, 3.8) is 0 Å². The summed E-state index contributed by atoms with van der Waals surface area (Å²) in [7, 11) is 0. The van der Waals surface area contributed by atoms with Crippen molar-refractivity contribution in [2.45, 2.75) is 39.0 Å². The van der Waals surface area contributed by atoms with E-state index in [-0.39, 0.29) is 5.92 Å². The van der Waals surface area contributed by atoms with Gasteiger partial charge in [-0.15, -0.1) is 0 Å². The molecule has 2 unspecified atom stereocenters. The summed E-state index contributed by atoms with van der Waals surface area (Å²) in [5, 5.41) is 0. The van der Waals surface area contributed by atoms with Crippen LogP contribution in [0.25, 0.3) is 0 Å². The number of rotatable bonds is 5. The molecular weight excluding hydrogens is 168 g/mol. The van der Waals surface area contributed by atoms with Gasteiger partial charge < -0.3 is 0 Å². The average molecular weight is 188 g/mol. The molecule has 0 aromatic heterocycles. The molecular formula is C14H20. The lowest BCUT2D eigenvalue weighted by molar-refractivity contribution is 0.463. The molecule has 0 saturated heterocycles. The number of hydrogen-bond acceptors (Lipinski definition) is 0. The van der Waals surface area contributed by atoms with Gasteiger partial charge >= 0.3 is 0 Å². The molecule has 0 fully saturated rings. The van der Waals surface area contributed by atoms with Gasteiger partial charge in [-0.1, -0.05) is 57.0 Å². The summed E-state index contributed by atoms with van der Waals surface area (Å²) >= 11 is 0. The summed E-state index contributed by atoms with van der Waals surface area (Å²) in [4.78, 5) is 0. The predicted octanol–water partition coefficient (Wildman–Crippen LogP) is 4.31. The Balaban J connectivity index is 2.46. The van der Waals surface area contributed by atoms with Crippen molar-refractivity contribution < 1.29 is 0 Å². The number of benzene rings is 1. The Labute approximate surface area is 88.4 Å². The molecule has 1 aromatic carbocycles. The predicted molar refractivity (Wildman–Crippen MR) is 62.2 cm³/mol. The van der Waals surface area contributed by atoms with Crippen LogP contribution in [0.1, 0.15) is 44.6 Å². The monoisotopic (exact) mass is 188 g/mol. The van der Waals surface area contributed by atoms with Crippen LogP contribution in [-0.2, 0) is 0 Å². The van der Waals surface area contributed by atoms with E-state index in [0.29, 0.717) is 0 Å². The quantitative estimate of drug-likeness (QED) is 0.646. The van der Waals surface area contributed by atoms with Crippen LogP contribution < -0.4 is 0 Å². The fourth-order valence-corrected chi connectivity index (χ4v) is 1.88. The minimum absolute atomic E-state index is 0.206. The van der Waals surface area contributed by atoms with E-state index in [1.807, 2.05) is 6.07 Å². The third kappa shape index (κ3) is 3.53. The van der Waals surface area contributed by atoms with Crippen molar-refractivity contribution in [2.75, 3.05) is 0 Å². The molecule has 0 bridgehead atoms. The van der Waals surface area contributed by atoms with E-state index in [2.05, 4.69) is 38.1 Å². The summed E-state index contributed by atoms with van der Waals surface area (Å²) in [6.45, 7) is 10.6. The Morgan fingerprint density at radius 1 is 1.21 bits per heavy atom. The lowest BCUT2D eigenvalue weighted by Gasteiger charge is -2.16. The summed E-state index contributed by atoms with van der Waals surface area (Å²) in [5.41, 5.74) is 1.26. The standard InChI is InChI=1S/C14H20/c1-4-8-12(2)11-13(3)14-9-6-5-7-10-14/h3,5-7,9-10,12-13H,4,8,11H2,1-2H3. The maximum atomic E-state index is 6.13. The van der Waals surface area contributed by atoms with Gasteiger partial charge in [0.25, 0.3) is 0 Å². The van der Waals surface area contributed by atoms with Crippen LogP contribution in [-0.4, -0.2) is 0 Å². The molecule has 0 aliphatic rings. The molecule has 14 heavy (non-hydrogen) atoms. The lowest BCUT2D eigenvalue weighted by Crippen LogP contribution is -2.01. The Morgan fingerprint density at radius 2 is 1.86 bits per heavy atom. The lowest BCUT2D eigenvalue weighted by atomic mass is 9.89. The van der Waals surface area contributed by atoms with Crippen LogP contribution in [0.4, 0.5) is 0 Å². The van der Waals surface area contributed by atoms with Crippen LogP contribution in [0, 0.1) is 12.8 Å². The van der Waals surface area contributed by atoms with Crippen molar-refractivity contribution in [3.8, 4) is 0 Å². The third-order valence-corrected chi connectivity index (χ3v) is 2.67.